The summed E-state index contributed by atoms with van der Waals surface area (Å²) in [5.41, 5.74) is 1.85. The summed E-state index contributed by atoms with van der Waals surface area (Å²) in [6.07, 6.45) is 2.47. The van der Waals surface area contributed by atoms with Gasteiger partial charge in [-0.3, -0.25) is 9.79 Å². The van der Waals surface area contributed by atoms with Crippen LogP contribution in [-0.4, -0.2) is 67.6 Å². The number of amides is 1. The molecule has 0 aliphatic carbocycles. The molecule has 0 saturated carbocycles. The van der Waals surface area contributed by atoms with Crippen LogP contribution in [0.25, 0.3) is 0 Å². The molecule has 0 aromatic heterocycles. The van der Waals surface area contributed by atoms with Gasteiger partial charge in [-0.05, 0) is 38.0 Å². The number of ether oxygens (including phenoxy) is 1. The summed E-state index contributed by atoms with van der Waals surface area (Å²) in [5, 5.41) is 3.38. The van der Waals surface area contributed by atoms with E-state index in [0.717, 1.165) is 36.5 Å². The van der Waals surface area contributed by atoms with Crippen LogP contribution in [0.4, 0.5) is 0 Å². The van der Waals surface area contributed by atoms with Gasteiger partial charge in [-0.25, -0.2) is 0 Å². The largest absolute Gasteiger partial charge is 0.372 e. The summed E-state index contributed by atoms with van der Waals surface area (Å²) in [7, 11) is 3.86. The van der Waals surface area contributed by atoms with Gasteiger partial charge in [0.1, 0.15) is 0 Å². The van der Waals surface area contributed by atoms with Crippen molar-refractivity contribution < 1.29 is 9.53 Å². The molecular formula is C21H35IN4O2. The third-order valence-corrected chi connectivity index (χ3v) is 4.78. The molecule has 158 valence electrons. The van der Waals surface area contributed by atoms with Crippen molar-refractivity contribution in [2.24, 2.45) is 4.99 Å². The second kappa shape index (κ2) is 12.3. The highest BCUT2D eigenvalue weighted by Gasteiger charge is 2.26. The molecule has 1 aliphatic rings. The van der Waals surface area contributed by atoms with Crippen LogP contribution >= 0.6 is 24.0 Å². The molecule has 6 nitrogen and oxygen atoms in total. The number of carbonyl (C=O) groups excluding carboxylic acids is 1. The minimum absolute atomic E-state index is 0. The normalized spacial score (nSPS) is 19.8. The standard InChI is InChI=1S/C21H34N4O2.HI/c1-6-7-12-24(5)21(22-4)23-13-18-8-10-19(11-9-18)20(26)25-14-16(2)27-17(3)15-25;/h8-11,16-17H,6-7,12-15H2,1-5H3,(H,22,23);1H. The summed E-state index contributed by atoms with van der Waals surface area (Å²) in [4.78, 5) is 21.1. The molecule has 1 aromatic carbocycles. The quantitative estimate of drug-likeness (QED) is 0.368. The summed E-state index contributed by atoms with van der Waals surface area (Å²) in [6, 6.07) is 7.83. The monoisotopic (exact) mass is 502 g/mol. The van der Waals surface area contributed by atoms with Gasteiger partial charge in [0.15, 0.2) is 5.96 Å². The fourth-order valence-corrected chi connectivity index (χ4v) is 3.36. The van der Waals surface area contributed by atoms with Crippen LogP contribution in [0.3, 0.4) is 0 Å². The average Bonchev–Trinajstić information content (AvgIpc) is 2.66. The number of rotatable bonds is 6. The molecule has 1 amide bonds. The Morgan fingerprint density at radius 3 is 2.39 bits per heavy atom. The Bertz CT molecular complexity index is 626. The topological polar surface area (TPSA) is 57.2 Å². The first-order chi connectivity index (χ1) is 12.9. The maximum absolute atomic E-state index is 12.7. The highest BCUT2D eigenvalue weighted by atomic mass is 127. The Labute approximate surface area is 186 Å². The molecule has 0 spiro atoms. The first kappa shape index (κ1) is 24.7. The van der Waals surface area contributed by atoms with Gasteiger partial charge in [0.25, 0.3) is 5.91 Å². The number of nitrogens with one attached hydrogen (secondary N) is 1. The van der Waals surface area contributed by atoms with Gasteiger partial charge in [-0.15, -0.1) is 24.0 Å². The lowest BCUT2D eigenvalue weighted by molar-refractivity contribution is -0.0586. The summed E-state index contributed by atoms with van der Waals surface area (Å²) in [5.74, 6) is 0.964. The lowest BCUT2D eigenvalue weighted by Gasteiger charge is -2.35. The number of hydrogen-bond donors (Lipinski definition) is 1. The Hall–Kier alpha value is -1.35. The zero-order valence-corrected chi connectivity index (χ0v) is 20.1. The van der Waals surface area contributed by atoms with E-state index in [-0.39, 0.29) is 42.1 Å². The van der Waals surface area contributed by atoms with Gasteiger partial charge < -0.3 is 19.9 Å². The molecule has 7 heteroatoms. The van der Waals surface area contributed by atoms with E-state index in [1.165, 1.54) is 0 Å². The highest BCUT2D eigenvalue weighted by Crippen LogP contribution is 2.15. The van der Waals surface area contributed by atoms with Crippen LogP contribution in [0.2, 0.25) is 0 Å². The van der Waals surface area contributed by atoms with Crippen LogP contribution < -0.4 is 5.32 Å². The van der Waals surface area contributed by atoms with E-state index in [1.54, 1.807) is 7.05 Å². The Morgan fingerprint density at radius 1 is 1.25 bits per heavy atom. The van der Waals surface area contributed by atoms with Crippen molar-refractivity contribution in [3.05, 3.63) is 35.4 Å². The van der Waals surface area contributed by atoms with Crippen LogP contribution in [0.1, 0.15) is 49.5 Å². The first-order valence-corrected chi connectivity index (χ1v) is 9.90. The predicted molar refractivity (Wildman–Crippen MR) is 126 cm³/mol. The van der Waals surface area contributed by atoms with Gasteiger partial charge >= 0.3 is 0 Å². The second-order valence-electron chi connectivity index (χ2n) is 7.34. The van der Waals surface area contributed by atoms with E-state index in [1.807, 2.05) is 43.0 Å². The number of morpholine rings is 1. The molecule has 2 atom stereocenters. The van der Waals surface area contributed by atoms with E-state index in [9.17, 15) is 4.79 Å². The smallest absolute Gasteiger partial charge is 0.254 e. The lowest BCUT2D eigenvalue weighted by atomic mass is 10.1. The van der Waals surface area contributed by atoms with Crippen molar-refractivity contribution in [2.75, 3.05) is 33.7 Å². The van der Waals surface area contributed by atoms with Crippen LogP contribution in [-0.2, 0) is 11.3 Å². The molecule has 2 unspecified atom stereocenters. The van der Waals surface area contributed by atoms with E-state index in [0.29, 0.717) is 19.6 Å². The minimum atomic E-state index is 0. The van der Waals surface area contributed by atoms with Gasteiger partial charge in [-0.1, -0.05) is 25.5 Å². The van der Waals surface area contributed by atoms with Gasteiger partial charge in [0, 0.05) is 45.8 Å². The maximum atomic E-state index is 12.7. The van der Waals surface area contributed by atoms with Crippen molar-refractivity contribution in [3.8, 4) is 0 Å². The zero-order chi connectivity index (χ0) is 19.8. The SMILES string of the molecule is CCCCN(C)C(=NC)NCc1ccc(C(=O)N2CC(C)OC(C)C2)cc1.I. The second-order valence-corrected chi connectivity index (χ2v) is 7.34. The number of carbonyl (C=O) groups is 1. The molecule has 1 heterocycles. The molecule has 0 radical (unpaired) electrons. The van der Waals surface area contributed by atoms with Crippen molar-refractivity contribution >= 4 is 35.8 Å². The molecule has 1 aliphatic heterocycles. The maximum Gasteiger partial charge on any atom is 0.254 e. The van der Waals surface area contributed by atoms with E-state index < -0.39 is 0 Å². The lowest BCUT2D eigenvalue weighted by Crippen LogP contribution is -2.48. The Kier molecular flexibility index (Phi) is 10.8. The number of hydrogen-bond acceptors (Lipinski definition) is 3. The van der Waals surface area contributed by atoms with Crippen molar-refractivity contribution in [2.45, 2.75) is 52.4 Å². The first-order valence-electron chi connectivity index (χ1n) is 9.90. The van der Waals surface area contributed by atoms with Crippen LogP contribution in [0.15, 0.2) is 29.3 Å². The van der Waals surface area contributed by atoms with Gasteiger partial charge in [0.05, 0.1) is 12.2 Å². The predicted octanol–water partition coefficient (Wildman–Crippen LogP) is 3.36. The number of unbranched alkanes of at least 4 members (excludes halogenated alkanes) is 1. The molecule has 1 aromatic rings. The molecule has 1 N–H and O–H groups in total. The van der Waals surface area contributed by atoms with Crippen LogP contribution in [0.5, 0.6) is 0 Å². The van der Waals surface area contributed by atoms with E-state index >= 15 is 0 Å². The molecular weight excluding hydrogens is 467 g/mol. The molecule has 1 fully saturated rings. The fourth-order valence-electron chi connectivity index (χ4n) is 3.36. The van der Waals surface area contributed by atoms with E-state index in [4.69, 9.17) is 4.74 Å². The molecule has 0 bridgehead atoms. The number of guanidine groups is 1. The zero-order valence-electron chi connectivity index (χ0n) is 17.8. The third kappa shape index (κ3) is 7.24. The Morgan fingerprint density at radius 2 is 1.86 bits per heavy atom. The van der Waals surface area contributed by atoms with E-state index in [2.05, 4.69) is 29.2 Å². The van der Waals surface area contributed by atoms with Crippen molar-refractivity contribution in [3.63, 3.8) is 0 Å². The van der Waals surface area contributed by atoms with Crippen molar-refractivity contribution in [1.82, 2.24) is 15.1 Å². The Balaban J connectivity index is 0.00000392. The third-order valence-electron chi connectivity index (χ3n) is 4.78. The van der Waals surface area contributed by atoms with Gasteiger partial charge in [0.2, 0.25) is 0 Å². The summed E-state index contributed by atoms with van der Waals surface area (Å²) in [6.45, 7) is 9.17. The molecule has 1 saturated heterocycles. The highest BCUT2D eigenvalue weighted by molar-refractivity contribution is 14.0. The van der Waals surface area contributed by atoms with Crippen molar-refractivity contribution in [1.29, 1.82) is 0 Å². The summed E-state index contributed by atoms with van der Waals surface area (Å²) < 4.78 is 5.71. The number of benzene rings is 1. The number of aliphatic imine (C=N–C) groups is 1. The molecule has 28 heavy (non-hydrogen) atoms. The fraction of sp³-hybridized carbons (Fsp3) is 0.619. The van der Waals surface area contributed by atoms with Gasteiger partial charge in [-0.2, -0.15) is 0 Å². The summed E-state index contributed by atoms with van der Waals surface area (Å²) >= 11 is 0. The number of nitrogens with zero attached hydrogens (tertiary/aromatic N) is 3. The average molecular weight is 502 g/mol. The number of halogens is 1. The minimum Gasteiger partial charge on any atom is -0.372 e. The molecule has 2 rings (SSSR count). The van der Waals surface area contributed by atoms with Crippen LogP contribution in [0, 0.1) is 0 Å².